The highest BCUT2D eigenvalue weighted by Gasteiger charge is 2.36. The number of pyridine rings is 1. The lowest BCUT2D eigenvalue weighted by molar-refractivity contribution is -0.140. The fraction of sp³-hybridized carbons (Fsp3) is 0.462. The first-order chi connectivity index (χ1) is 10.3. The first-order valence-electron chi connectivity index (χ1n) is 6.54. The van der Waals surface area contributed by atoms with Crippen LogP contribution in [0.5, 0.6) is 0 Å². The summed E-state index contributed by atoms with van der Waals surface area (Å²) in [4.78, 5) is 29.4. The highest BCUT2D eigenvalue weighted by molar-refractivity contribution is 9.10. The summed E-state index contributed by atoms with van der Waals surface area (Å²) in [5.74, 6) is -1.20. The van der Waals surface area contributed by atoms with E-state index in [9.17, 15) is 22.8 Å². The molecule has 0 aromatic carbocycles. The maximum absolute atomic E-state index is 12.4. The third-order valence-electron chi connectivity index (χ3n) is 3.23. The summed E-state index contributed by atoms with van der Waals surface area (Å²) in [6, 6.07) is 0.673. The van der Waals surface area contributed by atoms with Crippen molar-refractivity contribution in [3.05, 3.63) is 28.5 Å². The highest BCUT2D eigenvalue weighted by Crippen LogP contribution is 2.22. The lowest BCUT2D eigenvalue weighted by Gasteiger charge is -2.24. The van der Waals surface area contributed by atoms with Gasteiger partial charge in [0.25, 0.3) is 5.91 Å². The van der Waals surface area contributed by atoms with Crippen LogP contribution in [0.3, 0.4) is 0 Å². The molecule has 1 N–H and O–H groups in total. The number of aromatic nitrogens is 1. The molecule has 120 valence electrons. The molecule has 2 heterocycles. The van der Waals surface area contributed by atoms with E-state index < -0.39 is 30.6 Å². The summed E-state index contributed by atoms with van der Waals surface area (Å²) in [5.41, 5.74) is 0.282. The molecule has 1 atom stereocenters. The maximum atomic E-state index is 12.4. The first kappa shape index (κ1) is 16.7. The molecule has 1 aliphatic rings. The van der Waals surface area contributed by atoms with Crippen molar-refractivity contribution in [3.8, 4) is 0 Å². The lowest BCUT2D eigenvalue weighted by atomic mass is 10.2. The van der Waals surface area contributed by atoms with E-state index >= 15 is 0 Å². The van der Waals surface area contributed by atoms with Gasteiger partial charge in [-0.05, 0) is 34.8 Å². The van der Waals surface area contributed by atoms with Crippen molar-refractivity contribution in [2.45, 2.75) is 25.1 Å². The number of hydrogen-bond donors (Lipinski definition) is 1. The SMILES string of the molecule is O=C(NCC(F)(F)F)C1CCCN1C(=O)c1cncc(Br)c1. The number of hydrogen-bond acceptors (Lipinski definition) is 3. The van der Waals surface area contributed by atoms with Crippen LogP contribution < -0.4 is 5.32 Å². The molecule has 22 heavy (non-hydrogen) atoms. The van der Waals surface area contributed by atoms with Crippen LogP contribution in [0, 0.1) is 0 Å². The van der Waals surface area contributed by atoms with E-state index in [-0.39, 0.29) is 5.56 Å². The summed E-state index contributed by atoms with van der Waals surface area (Å²) in [6.07, 6.45) is -0.699. The maximum Gasteiger partial charge on any atom is 0.405 e. The number of nitrogens with one attached hydrogen (secondary N) is 1. The topological polar surface area (TPSA) is 62.3 Å². The molecule has 0 radical (unpaired) electrons. The Morgan fingerprint density at radius 1 is 1.41 bits per heavy atom. The van der Waals surface area contributed by atoms with Gasteiger partial charge in [0.1, 0.15) is 12.6 Å². The minimum absolute atomic E-state index is 0.282. The Morgan fingerprint density at radius 3 is 2.77 bits per heavy atom. The summed E-state index contributed by atoms with van der Waals surface area (Å²) < 4.78 is 37.1. The number of nitrogens with zero attached hydrogens (tertiary/aromatic N) is 2. The van der Waals surface area contributed by atoms with Crippen LogP contribution in [0.4, 0.5) is 13.2 Å². The molecular formula is C13H13BrF3N3O2. The van der Waals surface area contributed by atoms with Crippen molar-refractivity contribution in [3.63, 3.8) is 0 Å². The Balaban J connectivity index is 2.07. The van der Waals surface area contributed by atoms with Crippen molar-refractivity contribution < 1.29 is 22.8 Å². The largest absolute Gasteiger partial charge is 0.405 e. The molecule has 9 heteroatoms. The van der Waals surface area contributed by atoms with Crippen LogP contribution in [0.1, 0.15) is 23.2 Å². The molecule has 0 aliphatic carbocycles. The molecule has 1 fully saturated rings. The van der Waals surface area contributed by atoms with Gasteiger partial charge in [-0.2, -0.15) is 13.2 Å². The van der Waals surface area contributed by atoms with Gasteiger partial charge in [0.2, 0.25) is 5.91 Å². The number of amides is 2. The number of halogens is 4. The van der Waals surface area contributed by atoms with Crippen LogP contribution in [-0.2, 0) is 4.79 Å². The van der Waals surface area contributed by atoms with Crippen LogP contribution in [0.15, 0.2) is 22.9 Å². The van der Waals surface area contributed by atoms with Crippen LogP contribution in [-0.4, -0.2) is 47.0 Å². The molecule has 1 aromatic rings. The average molecular weight is 380 g/mol. The van der Waals surface area contributed by atoms with Crippen LogP contribution in [0.25, 0.3) is 0 Å². The Labute approximate surface area is 133 Å². The zero-order valence-electron chi connectivity index (χ0n) is 11.4. The van der Waals surface area contributed by atoms with Gasteiger partial charge in [-0.15, -0.1) is 0 Å². The molecule has 0 spiro atoms. The second-order valence-electron chi connectivity index (χ2n) is 4.88. The van der Waals surface area contributed by atoms with E-state index in [0.29, 0.717) is 23.9 Å². The van der Waals surface area contributed by atoms with E-state index in [4.69, 9.17) is 0 Å². The Bertz CT molecular complexity index is 580. The summed E-state index contributed by atoms with van der Waals surface area (Å²) in [6.45, 7) is -1.07. The Hall–Kier alpha value is -1.64. The average Bonchev–Trinajstić information content (AvgIpc) is 2.92. The van der Waals surface area contributed by atoms with E-state index in [2.05, 4.69) is 20.9 Å². The van der Waals surface area contributed by atoms with Crippen molar-refractivity contribution in [2.75, 3.05) is 13.1 Å². The van der Waals surface area contributed by atoms with E-state index in [1.807, 2.05) is 5.32 Å². The number of carbonyl (C=O) groups is 2. The molecule has 1 aromatic heterocycles. The van der Waals surface area contributed by atoms with Crippen molar-refractivity contribution in [1.29, 1.82) is 0 Å². The molecule has 2 rings (SSSR count). The quantitative estimate of drug-likeness (QED) is 0.874. The predicted molar refractivity (Wildman–Crippen MR) is 75.1 cm³/mol. The summed E-state index contributed by atoms with van der Waals surface area (Å²) >= 11 is 3.19. The van der Waals surface area contributed by atoms with E-state index in [1.165, 1.54) is 17.3 Å². The summed E-state index contributed by atoms with van der Waals surface area (Å²) in [7, 11) is 0. The number of likely N-dealkylation sites (tertiary alicyclic amines) is 1. The highest BCUT2D eigenvalue weighted by atomic mass is 79.9. The summed E-state index contributed by atoms with van der Waals surface area (Å²) in [5, 5.41) is 1.83. The molecule has 1 saturated heterocycles. The van der Waals surface area contributed by atoms with Gasteiger partial charge < -0.3 is 10.2 Å². The minimum Gasteiger partial charge on any atom is -0.345 e. The van der Waals surface area contributed by atoms with Gasteiger partial charge in [-0.1, -0.05) is 0 Å². The van der Waals surface area contributed by atoms with E-state index in [0.717, 1.165) is 0 Å². The van der Waals surface area contributed by atoms with Crippen LogP contribution >= 0.6 is 15.9 Å². The van der Waals surface area contributed by atoms with Gasteiger partial charge in [-0.3, -0.25) is 14.6 Å². The minimum atomic E-state index is -4.47. The molecule has 1 aliphatic heterocycles. The van der Waals surface area contributed by atoms with Gasteiger partial charge in [0, 0.05) is 23.4 Å². The Morgan fingerprint density at radius 2 is 2.14 bits per heavy atom. The number of carbonyl (C=O) groups excluding carboxylic acids is 2. The molecule has 0 bridgehead atoms. The zero-order chi connectivity index (χ0) is 16.3. The normalized spacial score (nSPS) is 18.4. The number of rotatable bonds is 3. The smallest absolute Gasteiger partial charge is 0.345 e. The van der Waals surface area contributed by atoms with Crippen molar-refractivity contribution >= 4 is 27.7 Å². The number of alkyl halides is 3. The van der Waals surface area contributed by atoms with Crippen LogP contribution in [0.2, 0.25) is 0 Å². The van der Waals surface area contributed by atoms with Gasteiger partial charge in [0.05, 0.1) is 5.56 Å². The first-order valence-corrected chi connectivity index (χ1v) is 7.33. The monoisotopic (exact) mass is 379 g/mol. The molecule has 2 amide bonds. The second kappa shape index (κ2) is 6.64. The van der Waals surface area contributed by atoms with Crippen molar-refractivity contribution in [2.24, 2.45) is 0 Å². The van der Waals surface area contributed by atoms with Gasteiger partial charge in [0.15, 0.2) is 0 Å². The molecule has 1 unspecified atom stereocenters. The fourth-order valence-corrected chi connectivity index (χ4v) is 2.65. The zero-order valence-corrected chi connectivity index (χ0v) is 12.9. The fourth-order valence-electron chi connectivity index (χ4n) is 2.28. The lowest BCUT2D eigenvalue weighted by Crippen LogP contribution is -2.48. The second-order valence-corrected chi connectivity index (χ2v) is 5.80. The Kier molecular flexibility index (Phi) is 5.05. The molecular weight excluding hydrogens is 367 g/mol. The standard InChI is InChI=1S/C13H13BrF3N3O2/c14-9-4-8(5-18-6-9)12(22)20-3-1-2-10(20)11(21)19-7-13(15,16)17/h4-6,10H,1-3,7H2,(H,19,21). The third kappa shape index (κ3) is 4.19. The molecule has 0 saturated carbocycles. The van der Waals surface area contributed by atoms with Gasteiger partial charge >= 0.3 is 6.18 Å². The third-order valence-corrected chi connectivity index (χ3v) is 3.66. The van der Waals surface area contributed by atoms with Gasteiger partial charge in [-0.25, -0.2) is 0 Å². The van der Waals surface area contributed by atoms with E-state index in [1.54, 1.807) is 6.07 Å². The predicted octanol–water partition coefficient (Wildman–Crippen LogP) is 2.13. The van der Waals surface area contributed by atoms with Crippen molar-refractivity contribution in [1.82, 2.24) is 15.2 Å². The molecule has 5 nitrogen and oxygen atoms in total.